The van der Waals surface area contributed by atoms with E-state index in [1.165, 1.54) is 24.1 Å². The van der Waals surface area contributed by atoms with E-state index in [0.29, 0.717) is 11.3 Å². The predicted octanol–water partition coefficient (Wildman–Crippen LogP) is 5.76. The summed E-state index contributed by atoms with van der Waals surface area (Å²) >= 11 is 12.5. The molecule has 4 rings (SSSR count). The van der Waals surface area contributed by atoms with E-state index in [1.807, 2.05) is 74.4 Å². The molecule has 0 bridgehead atoms. The molecule has 3 aromatic rings. The number of Topliss-reactive ketones (excluding diaryl/α,β-unsaturated/α-hetero) is 1. The molecule has 1 fully saturated rings. The molecule has 9 heteroatoms. The number of amides is 1. The number of ether oxygens (including phenoxy) is 1. The van der Waals surface area contributed by atoms with Crippen LogP contribution >= 0.6 is 23.2 Å². The van der Waals surface area contributed by atoms with Gasteiger partial charge >= 0.3 is 0 Å². The van der Waals surface area contributed by atoms with Gasteiger partial charge in [0.25, 0.3) is 11.7 Å². The molecule has 1 aliphatic rings. The van der Waals surface area contributed by atoms with Gasteiger partial charge in [0, 0.05) is 50.3 Å². The summed E-state index contributed by atoms with van der Waals surface area (Å²) in [6, 6.07) is 16.8. The zero-order valence-corrected chi connectivity index (χ0v) is 22.6. The number of hydrogen-bond acceptors (Lipinski definition) is 6. The fourth-order valence-electron chi connectivity index (χ4n) is 4.37. The van der Waals surface area contributed by atoms with Crippen molar-refractivity contribution in [2.75, 3.05) is 50.0 Å². The topological polar surface area (TPSA) is 73.3 Å². The van der Waals surface area contributed by atoms with Crippen molar-refractivity contribution < 1.29 is 19.4 Å². The van der Waals surface area contributed by atoms with Gasteiger partial charge in [0.05, 0.1) is 29.3 Å². The molecular weight excluding hydrogens is 513 g/mol. The van der Waals surface area contributed by atoms with Gasteiger partial charge in [-0.3, -0.25) is 14.5 Å². The molecule has 0 aliphatic carbocycles. The average Bonchev–Trinajstić information content (AvgIpc) is 3.13. The molecule has 192 valence electrons. The number of aliphatic hydroxyl groups is 1. The van der Waals surface area contributed by atoms with Gasteiger partial charge in [0.1, 0.15) is 11.5 Å². The Bertz CT molecular complexity index is 1380. The van der Waals surface area contributed by atoms with E-state index in [9.17, 15) is 14.7 Å². The highest BCUT2D eigenvalue weighted by Crippen LogP contribution is 2.45. The van der Waals surface area contributed by atoms with Crippen LogP contribution in [0.4, 0.5) is 17.1 Å². The van der Waals surface area contributed by atoms with Crippen LogP contribution in [0.2, 0.25) is 10.0 Å². The van der Waals surface area contributed by atoms with Gasteiger partial charge in [-0.15, -0.1) is 0 Å². The Morgan fingerprint density at radius 1 is 0.892 bits per heavy atom. The Kier molecular flexibility index (Phi) is 7.39. The molecule has 7 nitrogen and oxygen atoms in total. The van der Waals surface area contributed by atoms with E-state index in [2.05, 4.69) is 0 Å². The first-order valence-corrected chi connectivity index (χ1v) is 12.2. The first-order chi connectivity index (χ1) is 17.5. The van der Waals surface area contributed by atoms with Crippen LogP contribution in [-0.2, 0) is 9.59 Å². The first kappa shape index (κ1) is 26.4. The number of halogens is 2. The molecule has 1 saturated heterocycles. The van der Waals surface area contributed by atoms with Crippen LogP contribution in [0.5, 0.6) is 5.75 Å². The Balaban J connectivity index is 1.96. The summed E-state index contributed by atoms with van der Waals surface area (Å²) in [5.74, 6) is -1.86. The van der Waals surface area contributed by atoms with Crippen LogP contribution in [0.3, 0.4) is 0 Å². The SMILES string of the molecule is COc1c(Cl)cc(Cl)cc1/C(O)=C1\C(=O)C(=O)N(c2ccc(N(C)C)cc2)C1c1ccc(N(C)C)cc1. The van der Waals surface area contributed by atoms with E-state index in [-0.39, 0.29) is 26.9 Å². The van der Waals surface area contributed by atoms with Crippen LogP contribution in [0.25, 0.3) is 5.76 Å². The molecule has 1 N–H and O–H groups in total. The summed E-state index contributed by atoms with van der Waals surface area (Å²) in [6.07, 6.45) is 0. The van der Waals surface area contributed by atoms with E-state index in [0.717, 1.165) is 11.4 Å². The summed E-state index contributed by atoms with van der Waals surface area (Å²) in [5.41, 5.74) is 3.08. The number of nitrogens with zero attached hydrogens (tertiary/aromatic N) is 3. The van der Waals surface area contributed by atoms with Crippen molar-refractivity contribution in [1.29, 1.82) is 0 Å². The number of ketones is 1. The second-order valence-electron chi connectivity index (χ2n) is 9.03. The van der Waals surface area contributed by atoms with Gasteiger partial charge in [-0.25, -0.2) is 0 Å². The summed E-state index contributed by atoms with van der Waals surface area (Å²) in [4.78, 5) is 32.2. The Morgan fingerprint density at radius 2 is 1.43 bits per heavy atom. The van der Waals surface area contributed by atoms with Crippen molar-refractivity contribution in [3.05, 3.63) is 87.4 Å². The summed E-state index contributed by atoms with van der Waals surface area (Å²) in [7, 11) is 9.06. The molecule has 1 atom stereocenters. The number of rotatable bonds is 6. The van der Waals surface area contributed by atoms with Gasteiger partial charge in [-0.05, 0) is 54.1 Å². The maximum Gasteiger partial charge on any atom is 0.300 e. The highest BCUT2D eigenvalue weighted by molar-refractivity contribution is 6.52. The van der Waals surface area contributed by atoms with Gasteiger partial charge in [0.2, 0.25) is 0 Å². The molecule has 1 heterocycles. The number of carbonyl (C=O) groups excluding carboxylic acids is 2. The van der Waals surface area contributed by atoms with E-state index < -0.39 is 23.5 Å². The second kappa shape index (κ2) is 10.4. The van der Waals surface area contributed by atoms with Crippen LogP contribution in [0, 0.1) is 0 Å². The molecule has 0 radical (unpaired) electrons. The zero-order valence-electron chi connectivity index (χ0n) is 21.1. The number of anilines is 3. The fraction of sp³-hybridized carbons (Fsp3) is 0.214. The van der Waals surface area contributed by atoms with Crippen LogP contribution < -0.4 is 19.4 Å². The van der Waals surface area contributed by atoms with Crippen molar-refractivity contribution in [3.63, 3.8) is 0 Å². The molecule has 0 spiro atoms. The fourth-order valence-corrected chi connectivity index (χ4v) is 4.94. The largest absolute Gasteiger partial charge is 0.507 e. The predicted molar refractivity (Wildman–Crippen MR) is 149 cm³/mol. The minimum Gasteiger partial charge on any atom is -0.507 e. The average molecular weight is 540 g/mol. The maximum absolute atomic E-state index is 13.5. The third-order valence-electron chi connectivity index (χ3n) is 6.28. The smallest absolute Gasteiger partial charge is 0.300 e. The molecule has 37 heavy (non-hydrogen) atoms. The quantitative estimate of drug-likeness (QED) is 0.244. The summed E-state index contributed by atoms with van der Waals surface area (Å²) < 4.78 is 5.40. The molecule has 1 unspecified atom stereocenters. The van der Waals surface area contributed by atoms with Crippen molar-refractivity contribution >= 4 is 57.7 Å². The number of benzene rings is 3. The zero-order chi connectivity index (χ0) is 27.0. The number of aliphatic hydroxyl groups excluding tert-OH is 1. The van der Waals surface area contributed by atoms with Crippen molar-refractivity contribution in [2.45, 2.75) is 6.04 Å². The van der Waals surface area contributed by atoms with E-state index >= 15 is 0 Å². The lowest BCUT2D eigenvalue weighted by Crippen LogP contribution is -2.29. The van der Waals surface area contributed by atoms with Crippen molar-refractivity contribution in [1.82, 2.24) is 0 Å². The normalized spacial score (nSPS) is 16.7. The summed E-state index contributed by atoms with van der Waals surface area (Å²) in [5, 5.41) is 11.9. The van der Waals surface area contributed by atoms with Gasteiger partial charge in [-0.1, -0.05) is 35.3 Å². The number of hydrogen-bond donors (Lipinski definition) is 1. The van der Waals surface area contributed by atoms with E-state index in [1.54, 1.807) is 12.1 Å². The second-order valence-corrected chi connectivity index (χ2v) is 9.88. The standard InChI is InChI=1S/C28H27Cl2N3O4/c1-31(2)18-8-6-16(7-9-18)24-23(25(34)21-14-17(29)15-22(30)27(21)37-5)26(35)28(36)33(24)20-12-10-19(11-13-20)32(3)4/h6-15,24,34H,1-5H3/b25-23+. The van der Waals surface area contributed by atoms with Crippen molar-refractivity contribution in [3.8, 4) is 5.75 Å². The minimum atomic E-state index is -0.899. The third-order valence-corrected chi connectivity index (χ3v) is 6.78. The highest BCUT2D eigenvalue weighted by Gasteiger charge is 2.47. The monoisotopic (exact) mass is 539 g/mol. The van der Waals surface area contributed by atoms with Gasteiger partial charge in [0.15, 0.2) is 0 Å². The minimum absolute atomic E-state index is 0.0871. The van der Waals surface area contributed by atoms with E-state index in [4.69, 9.17) is 27.9 Å². The molecule has 0 saturated carbocycles. The van der Waals surface area contributed by atoms with Gasteiger partial charge < -0.3 is 19.6 Å². The first-order valence-electron chi connectivity index (χ1n) is 11.4. The lowest BCUT2D eigenvalue weighted by Gasteiger charge is -2.26. The lowest BCUT2D eigenvalue weighted by atomic mass is 9.94. The molecule has 1 amide bonds. The Hall–Kier alpha value is -3.68. The molecule has 3 aromatic carbocycles. The number of carbonyl (C=O) groups is 2. The van der Waals surface area contributed by atoms with Crippen LogP contribution in [0.15, 0.2) is 66.2 Å². The Labute approximate surface area is 226 Å². The third kappa shape index (κ3) is 4.84. The molecular formula is C28H27Cl2N3O4. The van der Waals surface area contributed by atoms with Crippen LogP contribution in [-0.4, -0.2) is 52.1 Å². The highest BCUT2D eigenvalue weighted by atomic mass is 35.5. The van der Waals surface area contributed by atoms with Gasteiger partial charge in [-0.2, -0.15) is 0 Å². The van der Waals surface area contributed by atoms with Crippen molar-refractivity contribution in [2.24, 2.45) is 0 Å². The number of methoxy groups -OCH3 is 1. The summed E-state index contributed by atoms with van der Waals surface area (Å²) in [6.45, 7) is 0. The molecule has 1 aliphatic heterocycles. The molecule has 0 aromatic heterocycles. The lowest BCUT2D eigenvalue weighted by molar-refractivity contribution is -0.132. The van der Waals surface area contributed by atoms with Crippen LogP contribution in [0.1, 0.15) is 17.2 Å². The maximum atomic E-state index is 13.5. The Morgan fingerprint density at radius 3 is 1.95 bits per heavy atom.